The molecular weight excluding hydrogens is 318 g/mol. The van der Waals surface area contributed by atoms with Crippen molar-refractivity contribution >= 4 is 34.7 Å². The van der Waals surface area contributed by atoms with E-state index in [-0.39, 0.29) is 17.3 Å². The summed E-state index contributed by atoms with van der Waals surface area (Å²) in [4.78, 5) is 22.8. The highest BCUT2D eigenvalue weighted by Gasteiger charge is 2.15. The summed E-state index contributed by atoms with van der Waals surface area (Å²) >= 11 is 1.41. The maximum absolute atomic E-state index is 11.7. The molecule has 0 spiro atoms. The summed E-state index contributed by atoms with van der Waals surface area (Å²) in [7, 11) is 0. The lowest BCUT2D eigenvalue weighted by atomic mass is 10.0. The van der Waals surface area contributed by atoms with Crippen LogP contribution in [0.1, 0.15) is 18.4 Å². The number of hydrogen-bond acceptors (Lipinski definition) is 6. The van der Waals surface area contributed by atoms with Crippen molar-refractivity contribution in [3.05, 3.63) is 40.6 Å². The van der Waals surface area contributed by atoms with Gasteiger partial charge in [-0.1, -0.05) is 6.07 Å². The standard InChI is InChI=1S/C15H13N3O4S/c19-13-7-9(11-3-4-14(20)18-17-11)1-2-12(13)16-15(21)22-10-5-6-23-8-10/h1-2,5-8,19H,3-4H2,(H,16,21)(H,18,20). The molecule has 0 atom stereocenters. The van der Waals surface area contributed by atoms with Crippen molar-refractivity contribution in [2.75, 3.05) is 5.32 Å². The molecule has 0 fully saturated rings. The Labute approximate surface area is 135 Å². The van der Waals surface area contributed by atoms with Crippen LogP contribution in [0.5, 0.6) is 11.5 Å². The molecule has 1 aromatic carbocycles. The Morgan fingerprint density at radius 2 is 2.22 bits per heavy atom. The fraction of sp³-hybridized carbons (Fsp3) is 0.133. The number of phenols is 1. The van der Waals surface area contributed by atoms with E-state index in [0.29, 0.717) is 29.9 Å². The van der Waals surface area contributed by atoms with Gasteiger partial charge in [-0.25, -0.2) is 10.2 Å². The molecule has 2 aromatic rings. The monoisotopic (exact) mass is 331 g/mol. The maximum atomic E-state index is 11.7. The first-order valence-corrected chi connectivity index (χ1v) is 7.76. The van der Waals surface area contributed by atoms with Crippen molar-refractivity contribution < 1.29 is 19.4 Å². The molecule has 1 aliphatic rings. The number of anilines is 1. The molecule has 1 aromatic heterocycles. The molecule has 8 heteroatoms. The second-order valence-corrected chi connectivity index (χ2v) is 5.58. The highest BCUT2D eigenvalue weighted by atomic mass is 32.1. The van der Waals surface area contributed by atoms with E-state index in [1.807, 2.05) is 0 Å². The Morgan fingerprint density at radius 1 is 1.35 bits per heavy atom. The van der Waals surface area contributed by atoms with Crippen LogP contribution in [-0.4, -0.2) is 22.8 Å². The third-order valence-electron chi connectivity index (χ3n) is 3.18. The molecule has 7 nitrogen and oxygen atoms in total. The van der Waals surface area contributed by atoms with E-state index in [4.69, 9.17) is 4.74 Å². The van der Waals surface area contributed by atoms with Crippen LogP contribution in [0.15, 0.2) is 40.1 Å². The number of nitrogens with one attached hydrogen (secondary N) is 2. The van der Waals surface area contributed by atoms with E-state index >= 15 is 0 Å². The molecule has 0 bridgehead atoms. The number of amides is 2. The SMILES string of the molecule is O=C1CCC(c2ccc(NC(=O)Oc3ccsc3)c(O)c2)=NN1. The van der Waals surface area contributed by atoms with Gasteiger partial charge in [0.2, 0.25) is 5.91 Å². The van der Waals surface area contributed by atoms with Gasteiger partial charge in [0.1, 0.15) is 11.5 Å². The molecule has 1 aliphatic heterocycles. The molecule has 23 heavy (non-hydrogen) atoms. The minimum Gasteiger partial charge on any atom is -0.506 e. The minimum absolute atomic E-state index is 0.107. The molecule has 0 saturated heterocycles. The van der Waals surface area contributed by atoms with Crippen LogP contribution in [0.4, 0.5) is 10.5 Å². The first-order chi connectivity index (χ1) is 11.1. The number of hydrogen-bond donors (Lipinski definition) is 3. The number of aromatic hydroxyl groups is 1. The summed E-state index contributed by atoms with van der Waals surface area (Å²) in [5, 5.41) is 19.9. The fourth-order valence-electron chi connectivity index (χ4n) is 2.05. The van der Waals surface area contributed by atoms with E-state index < -0.39 is 6.09 Å². The molecule has 0 aliphatic carbocycles. The minimum atomic E-state index is -0.686. The van der Waals surface area contributed by atoms with Crippen molar-refractivity contribution in [1.29, 1.82) is 0 Å². The number of ether oxygens (including phenoxy) is 1. The first-order valence-electron chi connectivity index (χ1n) is 6.81. The Bertz CT molecular complexity index is 771. The Hall–Kier alpha value is -2.87. The number of carbonyl (C=O) groups is 2. The quantitative estimate of drug-likeness (QED) is 0.753. The number of thiophene rings is 1. The number of rotatable bonds is 3. The molecule has 0 unspecified atom stereocenters. The van der Waals surface area contributed by atoms with Crippen LogP contribution in [0.25, 0.3) is 0 Å². The van der Waals surface area contributed by atoms with Gasteiger partial charge in [0.05, 0.1) is 11.4 Å². The van der Waals surface area contributed by atoms with Crippen molar-refractivity contribution in [1.82, 2.24) is 5.43 Å². The molecule has 3 N–H and O–H groups in total. The van der Waals surface area contributed by atoms with Gasteiger partial charge < -0.3 is 9.84 Å². The normalized spacial score (nSPS) is 13.9. The van der Waals surface area contributed by atoms with Crippen LogP contribution in [0.3, 0.4) is 0 Å². The van der Waals surface area contributed by atoms with E-state index in [1.165, 1.54) is 17.4 Å². The largest absolute Gasteiger partial charge is 0.506 e. The third-order valence-corrected chi connectivity index (χ3v) is 3.84. The predicted octanol–water partition coefficient (Wildman–Crippen LogP) is 2.68. The third kappa shape index (κ3) is 3.67. The summed E-state index contributed by atoms with van der Waals surface area (Å²) in [5.41, 5.74) is 3.98. The van der Waals surface area contributed by atoms with Crippen LogP contribution < -0.4 is 15.5 Å². The number of benzene rings is 1. The predicted molar refractivity (Wildman–Crippen MR) is 86.0 cm³/mol. The smallest absolute Gasteiger partial charge is 0.417 e. The number of phenolic OH excluding ortho intramolecular Hbond substituents is 1. The molecule has 3 rings (SSSR count). The number of nitrogens with zero attached hydrogens (tertiary/aromatic N) is 1. The van der Waals surface area contributed by atoms with Crippen molar-refractivity contribution in [2.24, 2.45) is 5.10 Å². The summed E-state index contributed by atoms with van der Waals surface area (Å²) in [6.07, 6.45) is 0.166. The average molecular weight is 331 g/mol. The van der Waals surface area contributed by atoms with E-state index in [9.17, 15) is 14.7 Å². The Kier molecular flexibility index (Phi) is 4.24. The Balaban J connectivity index is 1.69. The van der Waals surface area contributed by atoms with Crippen LogP contribution in [-0.2, 0) is 4.79 Å². The maximum Gasteiger partial charge on any atom is 0.417 e. The van der Waals surface area contributed by atoms with Gasteiger partial charge in [0.15, 0.2) is 0 Å². The van der Waals surface area contributed by atoms with Gasteiger partial charge in [0.25, 0.3) is 0 Å². The number of hydrazone groups is 1. The van der Waals surface area contributed by atoms with E-state index in [1.54, 1.807) is 29.0 Å². The van der Waals surface area contributed by atoms with Gasteiger partial charge in [-0.05, 0) is 23.6 Å². The van der Waals surface area contributed by atoms with Crippen molar-refractivity contribution in [2.45, 2.75) is 12.8 Å². The van der Waals surface area contributed by atoms with Crippen LogP contribution in [0, 0.1) is 0 Å². The second kappa shape index (κ2) is 6.49. The van der Waals surface area contributed by atoms with E-state index in [0.717, 1.165) is 0 Å². The first kappa shape index (κ1) is 15.0. The molecular formula is C15H13N3O4S. The van der Waals surface area contributed by atoms with Crippen molar-refractivity contribution in [3.63, 3.8) is 0 Å². The molecule has 118 valence electrons. The van der Waals surface area contributed by atoms with Gasteiger partial charge in [-0.2, -0.15) is 5.10 Å². The molecule has 2 amide bonds. The topological polar surface area (TPSA) is 100 Å². The zero-order valence-corrected chi connectivity index (χ0v) is 12.7. The van der Waals surface area contributed by atoms with Gasteiger partial charge in [-0.3, -0.25) is 10.1 Å². The van der Waals surface area contributed by atoms with Crippen molar-refractivity contribution in [3.8, 4) is 11.5 Å². The van der Waals surface area contributed by atoms with E-state index in [2.05, 4.69) is 15.8 Å². The fourth-order valence-corrected chi connectivity index (χ4v) is 2.60. The second-order valence-electron chi connectivity index (χ2n) is 4.80. The lowest BCUT2D eigenvalue weighted by molar-refractivity contribution is -0.121. The highest BCUT2D eigenvalue weighted by Crippen LogP contribution is 2.26. The zero-order valence-electron chi connectivity index (χ0n) is 11.9. The molecule has 0 radical (unpaired) electrons. The summed E-state index contributed by atoms with van der Waals surface area (Å²) < 4.78 is 5.05. The molecule has 2 heterocycles. The summed E-state index contributed by atoms with van der Waals surface area (Å²) in [5.74, 6) is 0.202. The average Bonchev–Trinajstić information content (AvgIpc) is 3.03. The van der Waals surface area contributed by atoms with Gasteiger partial charge in [0, 0.05) is 23.8 Å². The summed E-state index contributed by atoms with van der Waals surface area (Å²) in [6, 6.07) is 6.41. The van der Waals surface area contributed by atoms with Gasteiger partial charge >= 0.3 is 6.09 Å². The zero-order chi connectivity index (χ0) is 16.2. The Morgan fingerprint density at radius 3 is 2.87 bits per heavy atom. The highest BCUT2D eigenvalue weighted by molar-refractivity contribution is 7.08. The van der Waals surface area contributed by atoms with Crippen LogP contribution >= 0.6 is 11.3 Å². The van der Waals surface area contributed by atoms with Crippen LogP contribution in [0.2, 0.25) is 0 Å². The van der Waals surface area contributed by atoms with Gasteiger partial charge in [-0.15, -0.1) is 11.3 Å². The molecule has 0 saturated carbocycles. The number of carbonyl (C=O) groups excluding carboxylic acids is 2. The summed E-state index contributed by atoms with van der Waals surface area (Å²) in [6.45, 7) is 0. The lowest BCUT2D eigenvalue weighted by Gasteiger charge is -2.13. The lowest BCUT2D eigenvalue weighted by Crippen LogP contribution is -2.25.